The summed E-state index contributed by atoms with van der Waals surface area (Å²) < 4.78 is 12.6. The zero-order valence-corrected chi connectivity index (χ0v) is 18.1. The maximum atomic E-state index is 12.9. The summed E-state index contributed by atoms with van der Waals surface area (Å²) in [5.74, 6) is 1.35. The lowest BCUT2D eigenvalue weighted by Crippen LogP contribution is -2.24. The summed E-state index contributed by atoms with van der Waals surface area (Å²) in [4.78, 5) is 22.3. The summed E-state index contributed by atoms with van der Waals surface area (Å²) in [6, 6.07) is 13.3. The largest absolute Gasteiger partial charge is 0.493 e. The van der Waals surface area contributed by atoms with E-state index in [1.807, 2.05) is 47.0 Å². The van der Waals surface area contributed by atoms with E-state index < -0.39 is 0 Å². The molecule has 0 radical (unpaired) electrons. The maximum absolute atomic E-state index is 12.9. The van der Waals surface area contributed by atoms with E-state index in [4.69, 9.17) is 25.2 Å². The second-order valence-corrected chi connectivity index (χ2v) is 7.23. The van der Waals surface area contributed by atoms with Crippen molar-refractivity contribution < 1.29 is 14.3 Å². The molecule has 0 aliphatic rings. The lowest BCUT2D eigenvalue weighted by atomic mass is 10.1. The number of carbonyl (C=O) groups is 1. The molecule has 2 heterocycles. The summed E-state index contributed by atoms with van der Waals surface area (Å²) in [5.41, 5.74) is 10.3. The molecule has 0 bridgehead atoms. The van der Waals surface area contributed by atoms with Crippen LogP contribution in [0.25, 0.3) is 22.2 Å². The van der Waals surface area contributed by atoms with Crippen LogP contribution in [0.1, 0.15) is 15.9 Å². The average Bonchev–Trinajstić information content (AvgIpc) is 3.09. The summed E-state index contributed by atoms with van der Waals surface area (Å²) in [5, 5.41) is 2.80. The highest BCUT2D eigenvalue weighted by Crippen LogP contribution is 2.30. The summed E-state index contributed by atoms with van der Waals surface area (Å²) in [6.45, 7) is 4.49. The number of para-hydroxylation sites is 2. The van der Waals surface area contributed by atoms with Gasteiger partial charge in [-0.25, -0.2) is 9.97 Å². The quantitative estimate of drug-likeness (QED) is 0.415. The van der Waals surface area contributed by atoms with Gasteiger partial charge in [0.2, 0.25) is 0 Å². The summed E-state index contributed by atoms with van der Waals surface area (Å²) in [7, 11) is 3.21. The molecule has 0 fully saturated rings. The summed E-state index contributed by atoms with van der Waals surface area (Å²) in [6.07, 6.45) is 2.27. The van der Waals surface area contributed by atoms with Crippen molar-refractivity contribution in [2.45, 2.75) is 13.0 Å². The standard InChI is InChI=1S/C24H25N5O3/c1-4-12-26-24(30)20-21-23(28-17-8-6-5-7-16(17)27-21)29(22(20)25)13-11-15-9-10-18(31-2)19(14-15)32-3/h4-10,14H,1,11-13,25H2,2-3H3,(H,26,30). The Hall–Kier alpha value is -4.07. The van der Waals surface area contributed by atoms with E-state index >= 15 is 0 Å². The molecule has 0 atom stereocenters. The van der Waals surface area contributed by atoms with Crippen molar-refractivity contribution in [3.8, 4) is 11.5 Å². The second-order valence-electron chi connectivity index (χ2n) is 7.23. The number of ether oxygens (including phenoxy) is 2. The number of anilines is 1. The Morgan fingerprint density at radius 3 is 2.53 bits per heavy atom. The maximum Gasteiger partial charge on any atom is 0.257 e. The van der Waals surface area contributed by atoms with E-state index in [2.05, 4.69) is 11.9 Å². The normalized spacial score (nSPS) is 10.9. The molecule has 2 aromatic carbocycles. The number of nitrogens with zero attached hydrogens (tertiary/aromatic N) is 3. The van der Waals surface area contributed by atoms with Gasteiger partial charge in [-0.2, -0.15) is 0 Å². The minimum atomic E-state index is -0.304. The van der Waals surface area contributed by atoms with Crippen molar-refractivity contribution >= 4 is 33.9 Å². The smallest absolute Gasteiger partial charge is 0.257 e. The zero-order valence-electron chi connectivity index (χ0n) is 18.1. The molecule has 0 saturated carbocycles. The minimum Gasteiger partial charge on any atom is -0.493 e. The topological polar surface area (TPSA) is 104 Å². The third-order valence-corrected chi connectivity index (χ3v) is 5.30. The third kappa shape index (κ3) is 3.82. The fourth-order valence-corrected chi connectivity index (χ4v) is 3.70. The Balaban J connectivity index is 1.78. The van der Waals surface area contributed by atoms with E-state index in [-0.39, 0.29) is 5.91 Å². The number of amides is 1. The number of aryl methyl sites for hydroxylation is 2. The van der Waals surface area contributed by atoms with Crippen molar-refractivity contribution in [1.82, 2.24) is 19.9 Å². The molecule has 4 aromatic rings. The molecule has 0 saturated heterocycles. The number of carbonyl (C=O) groups excluding carboxylic acids is 1. The van der Waals surface area contributed by atoms with Crippen LogP contribution in [-0.4, -0.2) is 41.2 Å². The monoisotopic (exact) mass is 431 g/mol. The number of methoxy groups -OCH3 is 2. The molecular weight excluding hydrogens is 406 g/mol. The molecule has 1 amide bonds. The van der Waals surface area contributed by atoms with E-state index in [0.717, 1.165) is 11.1 Å². The van der Waals surface area contributed by atoms with Gasteiger partial charge in [-0.1, -0.05) is 24.3 Å². The van der Waals surface area contributed by atoms with Crippen LogP contribution in [0.4, 0.5) is 5.82 Å². The Kier molecular flexibility index (Phi) is 5.93. The number of benzene rings is 2. The highest BCUT2D eigenvalue weighted by atomic mass is 16.5. The van der Waals surface area contributed by atoms with E-state index in [0.29, 0.717) is 59.1 Å². The van der Waals surface area contributed by atoms with Gasteiger partial charge < -0.3 is 25.1 Å². The fourth-order valence-electron chi connectivity index (χ4n) is 3.70. The SMILES string of the molecule is C=CCNC(=O)c1c(N)n(CCc2ccc(OC)c(OC)c2)c2nc3ccccc3nc12. The predicted octanol–water partition coefficient (Wildman–Crippen LogP) is 3.34. The number of hydrogen-bond donors (Lipinski definition) is 2. The molecule has 32 heavy (non-hydrogen) atoms. The van der Waals surface area contributed by atoms with Gasteiger partial charge in [0.15, 0.2) is 17.1 Å². The molecule has 164 valence electrons. The van der Waals surface area contributed by atoms with E-state index in [9.17, 15) is 4.79 Å². The number of nitrogen functional groups attached to an aromatic ring is 1. The van der Waals surface area contributed by atoms with Crippen molar-refractivity contribution in [1.29, 1.82) is 0 Å². The molecule has 0 aliphatic carbocycles. The van der Waals surface area contributed by atoms with Crippen LogP contribution in [-0.2, 0) is 13.0 Å². The van der Waals surface area contributed by atoms with Crippen molar-refractivity contribution in [3.05, 3.63) is 66.2 Å². The van der Waals surface area contributed by atoms with Crippen LogP contribution < -0.4 is 20.5 Å². The lowest BCUT2D eigenvalue weighted by molar-refractivity contribution is 0.0960. The molecule has 0 unspecified atom stereocenters. The molecular formula is C24H25N5O3. The number of fused-ring (bicyclic) bond motifs is 2. The van der Waals surface area contributed by atoms with Gasteiger partial charge in [0.1, 0.15) is 16.9 Å². The molecule has 0 aliphatic heterocycles. The predicted molar refractivity (Wildman–Crippen MR) is 125 cm³/mol. The molecule has 0 spiro atoms. The first-order valence-electron chi connectivity index (χ1n) is 10.2. The molecule has 2 aromatic heterocycles. The van der Waals surface area contributed by atoms with Crippen LogP contribution in [0.3, 0.4) is 0 Å². The highest BCUT2D eigenvalue weighted by Gasteiger charge is 2.23. The van der Waals surface area contributed by atoms with Gasteiger partial charge in [-0.3, -0.25) is 4.79 Å². The van der Waals surface area contributed by atoms with Crippen LogP contribution in [0.2, 0.25) is 0 Å². The van der Waals surface area contributed by atoms with Crippen LogP contribution >= 0.6 is 0 Å². The Morgan fingerprint density at radius 2 is 1.84 bits per heavy atom. The second kappa shape index (κ2) is 8.97. The van der Waals surface area contributed by atoms with Crippen LogP contribution in [0.5, 0.6) is 11.5 Å². The van der Waals surface area contributed by atoms with Gasteiger partial charge in [-0.05, 0) is 36.2 Å². The third-order valence-electron chi connectivity index (χ3n) is 5.30. The van der Waals surface area contributed by atoms with Crippen molar-refractivity contribution in [2.24, 2.45) is 0 Å². The lowest BCUT2D eigenvalue weighted by Gasteiger charge is -2.11. The van der Waals surface area contributed by atoms with Gasteiger partial charge in [0.05, 0.1) is 25.3 Å². The first-order chi connectivity index (χ1) is 15.6. The van der Waals surface area contributed by atoms with Crippen molar-refractivity contribution in [3.63, 3.8) is 0 Å². The van der Waals surface area contributed by atoms with Gasteiger partial charge in [0, 0.05) is 13.1 Å². The van der Waals surface area contributed by atoms with Gasteiger partial charge in [-0.15, -0.1) is 6.58 Å². The van der Waals surface area contributed by atoms with Gasteiger partial charge in [0.25, 0.3) is 5.91 Å². The Morgan fingerprint density at radius 1 is 1.12 bits per heavy atom. The summed E-state index contributed by atoms with van der Waals surface area (Å²) >= 11 is 0. The van der Waals surface area contributed by atoms with Crippen LogP contribution in [0, 0.1) is 0 Å². The zero-order chi connectivity index (χ0) is 22.7. The number of rotatable bonds is 8. The Bertz CT molecular complexity index is 1310. The number of nitrogens with one attached hydrogen (secondary N) is 1. The number of hydrogen-bond acceptors (Lipinski definition) is 6. The molecule has 8 nitrogen and oxygen atoms in total. The van der Waals surface area contributed by atoms with E-state index in [1.54, 1.807) is 20.3 Å². The molecule has 3 N–H and O–H groups in total. The number of nitrogens with two attached hydrogens (primary N) is 1. The minimum absolute atomic E-state index is 0.304. The average molecular weight is 431 g/mol. The molecule has 8 heteroatoms. The van der Waals surface area contributed by atoms with Crippen molar-refractivity contribution in [2.75, 3.05) is 26.5 Å². The highest BCUT2D eigenvalue weighted by molar-refractivity contribution is 6.10. The van der Waals surface area contributed by atoms with E-state index in [1.165, 1.54) is 0 Å². The van der Waals surface area contributed by atoms with Gasteiger partial charge >= 0.3 is 0 Å². The fraction of sp³-hybridized carbons (Fsp3) is 0.208. The van der Waals surface area contributed by atoms with Crippen LogP contribution in [0.15, 0.2) is 55.1 Å². The molecule has 4 rings (SSSR count). The first-order valence-corrected chi connectivity index (χ1v) is 10.2. The Labute approximate surface area is 185 Å². The number of aromatic nitrogens is 3. The first kappa shape index (κ1) is 21.2.